The number of fused-ring (bicyclic) bond motifs is 1. The normalized spacial score (nSPS) is 18.7. The lowest BCUT2D eigenvalue weighted by Crippen LogP contribution is -2.24. The summed E-state index contributed by atoms with van der Waals surface area (Å²) >= 11 is 1.97. The van der Waals surface area contributed by atoms with Crippen LogP contribution < -0.4 is 5.32 Å². The van der Waals surface area contributed by atoms with Crippen LogP contribution in [0.25, 0.3) is 10.4 Å². The Bertz CT molecular complexity index is 563. The molecule has 3 rings (SSSR count). The third-order valence-corrected chi connectivity index (χ3v) is 5.02. The minimum Gasteiger partial charge on any atom is -0.312 e. The summed E-state index contributed by atoms with van der Waals surface area (Å²) in [7, 11) is 0. The summed E-state index contributed by atoms with van der Waals surface area (Å²) in [5.74, 6) is 0.651. The highest BCUT2D eigenvalue weighted by Gasteiger charge is 2.19. The molecule has 1 nitrogen and oxygen atoms in total. The van der Waals surface area contributed by atoms with E-state index >= 15 is 0 Å². The van der Waals surface area contributed by atoms with Crippen LogP contribution in [0.3, 0.4) is 0 Å². The Labute approximate surface area is 113 Å². The van der Waals surface area contributed by atoms with E-state index in [0.29, 0.717) is 5.92 Å². The highest BCUT2D eigenvalue weighted by Crippen LogP contribution is 2.37. The first-order valence-electron chi connectivity index (χ1n) is 6.55. The molecular weight excluding hydrogens is 238 g/mol. The fraction of sp³-hybridized carbons (Fsp3) is 0.375. The van der Waals surface area contributed by atoms with Crippen molar-refractivity contribution in [1.82, 2.24) is 5.32 Å². The Morgan fingerprint density at radius 1 is 1.11 bits per heavy atom. The van der Waals surface area contributed by atoms with E-state index in [4.69, 9.17) is 0 Å². The van der Waals surface area contributed by atoms with E-state index < -0.39 is 0 Å². The van der Waals surface area contributed by atoms with Crippen LogP contribution in [0.15, 0.2) is 24.3 Å². The van der Waals surface area contributed by atoms with Crippen LogP contribution in [0.5, 0.6) is 0 Å². The van der Waals surface area contributed by atoms with Gasteiger partial charge in [-0.25, -0.2) is 0 Å². The van der Waals surface area contributed by atoms with Gasteiger partial charge < -0.3 is 5.32 Å². The Morgan fingerprint density at radius 2 is 1.83 bits per heavy atom. The molecule has 0 saturated heterocycles. The summed E-state index contributed by atoms with van der Waals surface area (Å²) in [5.41, 5.74) is 5.57. The number of benzene rings is 1. The van der Waals surface area contributed by atoms with Gasteiger partial charge in [-0.1, -0.05) is 36.2 Å². The maximum Gasteiger partial charge on any atom is 0.0349 e. The molecule has 94 valence electrons. The Morgan fingerprint density at radius 3 is 2.50 bits per heavy atom. The number of hydrogen-bond donors (Lipinski definition) is 1. The lowest BCUT2D eigenvalue weighted by atomic mass is 10.0. The van der Waals surface area contributed by atoms with Crippen molar-refractivity contribution in [3.8, 4) is 10.4 Å². The molecule has 0 bridgehead atoms. The molecule has 1 atom stereocenters. The number of thiophene rings is 1. The van der Waals surface area contributed by atoms with Gasteiger partial charge in [0, 0.05) is 28.8 Å². The van der Waals surface area contributed by atoms with E-state index in [1.165, 1.54) is 27.1 Å². The molecule has 2 heterocycles. The van der Waals surface area contributed by atoms with E-state index in [-0.39, 0.29) is 0 Å². The van der Waals surface area contributed by atoms with Crippen LogP contribution in [0, 0.1) is 13.8 Å². The average Bonchev–Trinajstić information content (AvgIpc) is 2.73. The van der Waals surface area contributed by atoms with Crippen LogP contribution in [-0.2, 0) is 6.54 Å². The zero-order chi connectivity index (χ0) is 12.7. The van der Waals surface area contributed by atoms with Crippen molar-refractivity contribution < 1.29 is 0 Å². The maximum absolute atomic E-state index is 3.48. The van der Waals surface area contributed by atoms with Crippen LogP contribution >= 0.6 is 11.3 Å². The Hall–Kier alpha value is -1.12. The smallest absolute Gasteiger partial charge is 0.0349 e. The van der Waals surface area contributed by atoms with E-state index in [9.17, 15) is 0 Å². The van der Waals surface area contributed by atoms with Gasteiger partial charge >= 0.3 is 0 Å². The molecular formula is C16H19NS. The minimum absolute atomic E-state index is 0.651. The van der Waals surface area contributed by atoms with Gasteiger partial charge in [0.1, 0.15) is 0 Å². The topological polar surface area (TPSA) is 12.0 Å². The van der Waals surface area contributed by atoms with Gasteiger partial charge in [-0.05, 0) is 31.0 Å². The van der Waals surface area contributed by atoms with Crippen molar-refractivity contribution >= 4 is 11.3 Å². The summed E-state index contributed by atoms with van der Waals surface area (Å²) in [6.07, 6.45) is 0. The Kier molecular flexibility index (Phi) is 3.00. The van der Waals surface area contributed by atoms with Gasteiger partial charge in [0.2, 0.25) is 0 Å². The lowest BCUT2D eigenvalue weighted by molar-refractivity contribution is 0.581. The predicted molar refractivity (Wildman–Crippen MR) is 79.4 cm³/mol. The van der Waals surface area contributed by atoms with E-state index in [0.717, 1.165) is 13.1 Å². The SMILES string of the molecule is Cc1cc(C)cc(-c2cc3c(s2)C(C)CNC3)c1. The largest absolute Gasteiger partial charge is 0.312 e. The van der Waals surface area contributed by atoms with Crippen LogP contribution in [-0.4, -0.2) is 6.54 Å². The first kappa shape index (κ1) is 11.9. The average molecular weight is 257 g/mol. The number of hydrogen-bond acceptors (Lipinski definition) is 2. The molecule has 0 saturated carbocycles. The lowest BCUT2D eigenvalue weighted by Gasteiger charge is -2.18. The fourth-order valence-corrected chi connectivity index (χ4v) is 3.99. The van der Waals surface area contributed by atoms with Gasteiger partial charge in [0.15, 0.2) is 0 Å². The third kappa shape index (κ3) is 2.11. The van der Waals surface area contributed by atoms with Crippen molar-refractivity contribution in [3.63, 3.8) is 0 Å². The molecule has 0 aliphatic carbocycles. The van der Waals surface area contributed by atoms with Crippen LogP contribution in [0.1, 0.15) is 34.4 Å². The molecule has 1 aliphatic heterocycles. The molecule has 0 spiro atoms. The highest BCUT2D eigenvalue weighted by molar-refractivity contribution is 7.15. The third-order valence-electron chi connectivity index (χ3n) is 3.56. The fourth-order valence-electron chi connectivity index (χ4n) is 2.77. The van der Waals surface area contributed by atoms with Gasteiger partial charge in [-0.3, -0.25) is 0 Å². The standard InChI is InChI=1S/C16H19NS/c1-10-4-11(2)6-13(5-10)15-7-14-9-17-8-12(3)16(14)18-15/h4-7,12,17H,8-9H2,1-3H3. The van der Waals surface area contributed by atoms with Gasteiger partial charge in [0.05, 0.1) is 0 Å². The van der Waals surface area contributed by atoms with Crippen molar-refractivity contribution in [2.24, 2.45) is 0 Å². The summed E-state index contributed by atoms with van der Waals surface area (Å²) in [6, 6.07) is 9.20. The van der Waals surface area contributed by atoms with Gasteiger partial charge in [-0.15, -0.1) is 11.3 Å². The molecule has 1 aromatic carbocycles. The summed E-state index contributed by atoms with van der Waals surface area (Å²) in [5, 5.41) is 3.48. The number of rotatable bonds is 1. The quantitative estimate of drug-likeness (QED) is 0.806. The molecule has 0 radical (unpaired) electrons. The zero-order valence-electron chi connectivity index (χ0n) is 11.2. The number of nitrogens with one attached hydrogen (secondary N) is 1. The second kappa shape index (κ2) is 4.52. The van der Waals surface area contributed by atoms with Gasteiger partial charge in [-0.2, -0.15) is 0 Å². The first-order valence-corrected chi connectivity index (χ1v) is 7.37. The van der Waals surface area contributed by atoms with Gasteiger partial charge in [0.25, 0.3) is 0 Å². The maximum atomic E-state index is 3.48. The molecule has 18 heavy (non-hydrogen) atoms. The van der Waals surface area contributed by atoms with Crippen molar-refractivity contribution in [3.05, 3.63) is 45.8 Å². The van der Waals surface area contributed by atoms with Crippen molar-refractivity contribution in [2.75, 3.05) is 6.54 Å². The molecule has 2 aromatic rings. The molecule has 1 N–H and O–H groups in total. The van der Waals surface area contributed by atoms with Crippen molar-refractivity contribution in [2.45, 2.75) is 33.2 Å². The molecule has 2 heteroatoms. The predicted octanol–water partition coefficient (Wildman–Crippen LogP) is 4.24. The monoisotopic (exact) mass is 257 g/mol. The highest BCUT2D eigenvalue weighted by atomic mass is 32.1. The second-order valence-electron chi connectivity index (χ2n) is 5.41. The Balaban J connectivity index is 2.07. The van der Waals surface area contributed by atoms with E-state index in [1.54, 1.807) is 4.88 Å². The summed E-state index contributed by atoms with van der Waals surface area (Å²) in [4.78, 5) is 2.99. The second-order valence-corrected chi connectivity index (χ2v) is 6.49. The molecule has 1 unspecified atom stereocenters. The zero-order valence-corrected chi connectivity index (χ0v) is 12.0. The first-order chi connectivity index (χ1) is 8.63. The van der Waals surface area contributed by atoms with Crippen LogP contribution in [0.4, 0.5) is 0 Å². The molecule has 0 amide bonds. The van der Waals surface area contributed by atoms with Crippen molar-refractivity contribution in [1.29, 1.82) is 0 Å². The summed E-state index contributed by atoms with van der Waals surface area (Å²) in [6.45, 7) is 8.80. The van der Waals surface area contributed by atoms with E-state index in [1.807, 2.05) is 11.3 Å². The molecule has 1 aromatic heterocycles. The van der Waals surface area contributed by atoms with E-state index in [2.05, 4.69) is 50.4 Å². The minimum atomic E-state index is 0.651. The van der Waals surface area contributed by atoms with Crippen LogP contribution in [0.2, 0.25) is 0 Å². The molecule has 0 fully saturated rings. The number of aryl methyl sites for hydroxylation is 2. The summed E-state index contributed by atoms with van der Waals surface area (Å²) < 4.78 is 0. The molecule has 1 aliphatic rings.